The molecule has 2 aliphatic heterocycles. The summed E-state index contributed by atoms with van der Waals surface area (Å²) in [5.41, 5.74) is 30.8. The summed E-state index contributed by atoms with van der Waals surface area (Å²) in [6, 6.07) is -1.08. The second kappa shape index (κ2) is 20.7. The summed E-state index contributed by atoms with van der Waals surface area (Å²) in [7, 11) is 0. The van der Waals surface area contributed by atoms with Crippen molar-refractivity contribution in [1.29, 1.82) is 0 Å². The van der Waals surface area contributed by atoms with E-state index in [1.165, 1.54) is 4.90 Å². The number of para-hydroxylation sites is 1. The molecule has 5 rings (SSSR count). The number of rotatable bonds is 21. The molecular weight excluding hydrogens is 807 g/mol. The monoisotopic (exact) mass is 861 g/mol. The van der Waals surface area contributed by atoms with Crippen LogP contribution >= 0.6 is 0 Å². The van der Waals surface area contributed by atoms with E-state index in [4.69, 9.17) is 22.9 Å². The number of aromatic amines is 1. The molecule has 8 amide bonds. The first kappa shape index (κ1) is 46.3. The first-order valence-corrected chi connectivity index (χ1v) is 20.2. The van der Waals surface area contributed by atoms with Gasteiger partial charge in [-0.3, -0.25) is 43.4 Å². The van der Waals surface area contributed by atoms with Gasteiger partial charge in [0, 0.05) is 42.2 Å². The lowest BCUT2D eigenvalue weighted by Gasteiger charge is -2.33. The maximum absolute atomic E-state index is 14.8. The number of carbonyl (C=O) groups is 8. The third-order valence-electron chi connectivity index (χ3n) is 11.1. The Kier molecular flexibility index (Phi) is 15.4. The lowest BCUT2D eigenvalue weighted by Crippen LogP contribution is -2.61. The predicted octanol–water partition coefficient (Wildman–Crippen LogP) is -3.52. The average molecular weight is 862 g/mol. The summed E-state index contributed by atoms with van der Waals surface area (Å²) in [5.74, 6) is -8.04. The standard InChI is InChI=1S/C40H55N13O9/c1-3-20(2)34(49-38(60)28(15-33(43)56)46-36(58)25(41)14-32(42)55)40(62)52-17-22(29-18-53(51-50-29)23-8-4-5-9-23)13-31(52)39(61)47-27(37(59)48-30(19-54)35(44)57)12-21-16-45-26-11-7-6-10-24(21)26/h4,6-11,16,18,20,22,25,27-28,30-31,34,45,50-51,54H,3,5,12-15,17,19,41H2,1-2H3,(H2,42,55)(H2,43,56)(H2,44,57)(H,46,58)(H,47,61)(H,48,59)(H,49,60)/t20-,22?,25-,27-,28-,30-,31-,34-/m0/s1. The molecule has 0 saturated carbocycles. The van der Waals surface area contributed by atoms with Crippen molar-refractivity contribution in [3.8, 4) is 0 Å². The van der Waals surface area contributed by atoms with Crippen LogP contribution < -0.4 is 55.2 Å². The number of allylic oxidation sites excluding steroid dienone is 3. The van der Waals surface area contributed by atoms with Crippen molar-refractivity contribution in [2.75, 3.05) is 13.2 Å². The Morgan fingerprint density at radius 3 is 2.24 bits per heavy atom. The van der Waals surface area contributed by atoms with Gasteiger partial charge in [-0.2, -0.15) is 0 Å². The average Bonchev–Trinajstić information content (AvgIpc) is 4.07. The fraction of sp³-hybridized carbons (Fsp3) is 0.450. The highest BCUT2D eigenvalue weighted by Crippen LogP contribution is 2.32. The van der Waals surface area contributed by atoms with E-state index in [1.807, 2.05) is 36.4 Å². The molecule has 22 nitrogen and oxygen atoms in total. The number of fused-ring (bicyclic) bond motifs is 1. The van der Waals surface area contributed by atoms with E-state index < -0.39 is 115 Å². The highest BCUT2D eigenvalue weighted by atomic mass is 16.3. The number of benzene rings is 1. The third-order valence-corrected chi connectivity index (χ3v) is 11.1. The SMILES string of the molecule is CC[C@H](C)[C@H](NC(=O)[C@H](CC(N)=O)NC(=O)[C@@H](N)CC(N)=O)C(=O)N1CC(C2=CN(C3=CCC=C3)NN2)C[C@H]1C(=O)N[C@@H](Cc1c[nH]c2ccccc12)C(=O)N[C@@H](CO)C(N)=O. The van der Waals surface area contributed by atoms with Crippen molar-refractivity contribution in [3.05, 3.63) is 71.8 Å². The minimum Gasteiger partial charge on any atom is -0.394 e. The number of aromatic nitrogens is 1. The number of nitrogens with one attached hydrogen (secondary N) is 7. The van der Waals surface area contributed by atoms with Crippen molar-refractivity contribution in [2.45, 2.75) is 88.6 Å². The largest absolute Gasteiger partial charge is 0.394 e. The highest BCUT2D eigenvalue weighted by Gasteiger charge is 2.46. The van der Waals surface area contributed by atoms with E-state index in [0.717, 1.165) is 23.0 Å². The normalized spacial score (nSPS) is 19.9. The van der Waals surface area contributed by atoms with Crippen molar-refractivity contribution < 1.29 is 43.5 Å². The first-order chi connectivity index (χ1) is 29.5. The van der Waals surface area contributed by atoms with Gasteiger partial charge >= 0.3 is 0 Å². The number of aliphatic hydroxyl groups is 1. The molecule has 3 heterocycles. The molecule has 16 N–H and O–H groups in total. The maximum atomic E-state index is 14.8. The van der Waals surface area contributed by atoms with Crippen molar-refractivity contribution in [1.82, 2.24) is 47.1 Å². The van der Waals surface area contributed by atoms with Gasteiger partial charge in [0.25, 0.3) is 0 Å². The molecule has 1 unspecified atom stereocenters. The molecule has 334 valence electrons. The van der Waals surface area contributed by atoms with Gasteiger partial charge < -0.3 is 64.6 Å². The molecule has 2 aromatic rings. The van der Waals surface area contributed by atoms with Gasteiger partial charge in [-0.05, 0) is 36.5 Å². The predicted molar refractivity (Wildman–Crippen MR) is 223 cm³/mol. The molecule has 3 aliphatic rings. The lowest BCUT2D eigenvalue weighted by molar-refractivity contribution is -0.143. The Morgan fingerprint density at radius 1 is 0.903 bits per heavy atom. The Labute approximate surface area is 356 Å². The number of nitrogens with two attached hydrogens (primary N) is 4. The van der Waals surface area contributed by atoms with E-state index in [9.17, 15) is 43.5 Å². The van der Waals surface area contributed by atoms with Gasteiger partial charge in [-0.15, -0.1) is 5.53 Å². The van der Waals surface area contributed by atoms with Gasteiger partial charge in [0.05, 0.1) is 36.9 Å². The second-order valence-electron chi connectivity index (χ2n) is 15.5. The molecule has 0 radical (unpaired) electrons. The number of amides is 8. The number of hydrogen-bond donors (Lipinski definition) is 12. The lowest BCUT2D eigenvalue weighted by atomic mass is 9.96. The number of primary amides is 3. The second-order valence-corrected chi connectivity index (χ2v) is 15.5. The van der Waals surface area contributed by atoms with E-state index in [0.29, 0.717) is 17.7 Å². The minimum absolute atomic E-state index is 0.0278. The topological polar surface area (TPSA) is 355 Å². The molecule has 0 spiro atoms. The first-order valence-electron chi connectivity index (χ1n) is 20.2. The smallest absolute Gasteiger partial charge is 0.246 e. The molecule has 22 heteroatoms. The number of aliphatic hydroxyl groups excluding tert-OH is 1. The fourth-order valence-corrected chi connectivity index (χ4v) is 7.44. The number of H-pyrrole nitrogens is 1. The minimum atomic E-state index is -1.60. The summed E-state index contributed by atoms with van der Waals surface area (Å²) in [6.07, 6.45) is 9.23. The zero-order valence-corrected chi connectivity index (χ0v) is 34.4. The molecule has 0 bridgehead atoms. The van der Waals surface area contributed by atoms with Gasteiger partial charge in [0.2, 0.25) is 47.3 Å². The maximum Gasteiger partial charge on any atom is 0.246 e. The van der Waals surface area contributed by atoms with Crippen LogP contribution in [0, 0.1) is 11.8 Å². The Hall–Kier alpha value is -6.78. The zero-order valence-electron chi connectivity index (χ0n) is 34.4. The summed E-state index contributed by atoms with van der Waals surface area (Å²) >= 11 is 0. The molecular formula is C40H55N13O9. The molecule has 1 saturated heterocycles. The van der Waals surface area contributed by atoms with Crippen molar-refractivity contribution in [2.24, 2.45) is 34.8 Å². The summed E-state index contributed by atoms with van der Waals surface area (Å²) in [5, 5.41) is 22.4. The Morgan fingerprint density at radius 2 is 1.60 bits per heavy atom. The molecule has 1 aromatic heterocycles. The van der Waals surface area contributed by atoms with Gasteiger partial charge in [-0.25, -0.2) is 0 Å². The Bertz CT molecular complexity index is 2150. The van der Waals surface area contributed by atoms with Crippen LogP contribution in [0.3, 0.4) is 0 Å². The number of likely N-dealkylation sites (tertiary alicyclic amines) is 1. The molecule has 62 heavy (non-hydrogen) atoms. The van der Waals surface area contributed by atoms with Crippen LogP contribution in [-0.2, 0) is 44.8 Å². The summed E-state index contributed by atoms with van der Waals surface area (Å²) in [4.78, 5) is 110. The highest BCUT2D eigenvalue weighted by molar-refractivity contribution is 5.99. The van der Waals surface area contributed by atoms with E-state index in [2.05, 4.69) is 37.2 Å². The van der Waals surface area contributed by atoms with Crippen LogP contribution in [0.4, 0.5) is 0 Å². The van der Waals surface area contributed by atoms with E-state index in [1.54, 1.807) is 37.3 Å². The molecule has 8 atom stereocenters. The summed E-state index contributed by atoms with van der Waals surface area (Å²) in [6.45, 7) is 2.65. The van der Waals surface area contributed by atoms with Crippen LogP contribution in [-0.4, -0.2) is 117 Å². The van der Waals surface area contributed by atoms with E-state index in [-0.39, 0.29) is 19.4 Å². The van der Waals surface area contributed by atoms with Crippen LogP contribution in [0.2, 0.25) is 0 Å². The number of carbonyl (C=O) groups excluding carboxylic acids is 8. The molecule has 1 aliphatic carbocycles. The summed E-state index contributed by atoms with van der Waals surface area (Å²) < 4.78 is 0. The van der Waals surface area contributed by atoms with Gasteiger partial charge in [0.15, 0.2) is 0 Å². The number of nitrogens with zero attached hydrogens (tertiary/aromatic N) is 2. The number of hydrogen-bond acceptors (Lipinski definition) is 13. The quantitative estimate of drug-likeness (QED) is 0.0580. The molecule has 1 fully saturated rings. The Balaban J connectivity index is 1.46. The van der Waals surface area contributed by atoms with E-state index >= 15 is 0 Å². The van der Waals surface area contributed by atoms with Gasteiger partial charge in [0.1, 0.15) is 30.2 Å². The van der Waals surface area contributed by atoms with Crippen LogP contribution in [0.5, 0.6) is 0 Å². The fourth-order valence-electron chi connectivity index (χ4n) is 7.44. The van der Waals surface area contributed by atoms with Crippen molar-refractivity contribution in [3.63, 3.8) is 0 Å². The molecule has 1 aromatic carbocycles. The van der Waals surface area contributed by atoms with Crippen LogP contribution in [0.15, 0.2) is 66.3 Å². The third kappa shape index (κ3) is 11.3. The van der Waals surface area contributed by atoms with Gasteiger partial charge in [-0.1, -0.05) is 50.6 Å². The zero-order chi connectivity index (χ0) is 45.2. The number of hydrazine groups is 2. The van der Waals surface area contributed by atoms with Crippen LogP contribution in [0.1, 0.15) is 51.5 Å². The van der Waals surface area contributed by atoms with Crippen molar-refractivity contribution >= 4 is 58.2 Å². The van der Waals surface area contributed by atoms with Crippen LogP contribution in [0.25, 0.3) is 10.9 Å².